The standard InChI is InChI=1S/C12H16Si/c1-2-13(11-7-3-4-8-11)12-9-5-6-10-12/h3-7,9,13H,2,8,10H2,1H3. The Bertz CT molecular complexity index is 275. The number of hydrogen-bond acceptors (Lipinski definition) is 0. The number of hydrogen-bond donors (Lipinski definition) is 0. The van der Waals surface area contributed by atoms with Gasteiger partial charge in [0.1, 0.15) is 0 Å². The molecule has 2 aliphatic rings. The Hall–Kier alpha value is -0.823. The van der Waals surface area contributed by atoms with Gasteiger partial charge in [-0.05, 0) is 12.8 Å². The molecule has 68 valence electrons. The molecule has 0 aromatic carbocycles. The van der Waals surface area contributed by atoms with Gasteiger partial charge in [-0.3, -0.25) is 0 Å². The maximum Gasteiger partial charge on any atom is 0.0931 e. The zero-order valence-electron chi connectivity index (χ0n) is 8.16. The van der Waals surface area contributed by atoms with Crippen molar-refractivity contribution in [2.45, 2.75) is 25.8 Å². The van der Waals surface area contributed by atoms with Crippen LogP contribution in [-0.4, -0.2) is 8.80 Å². The van der Waals surface area contributed by atoms with Crippen molar-refractivity contribution in [1.82, 2.24) is 0 Å². The molecule has 0 radical (unpaired) electrons. The van der Waals surface area contributed by atoms with Gasteiger partial charge in [0, 0.05) is 0 Å². The Morgan fingerprint density at radius 1 is 1.08 bits per heavy atom. The quantitative estimate of drug-likeness (QED) is 0.597. The lowest BCUT2D eigenvalue weighted by Gasteiger charge is -2.16. The van der Waals surface area contributed by atoms with Crippen molar-refractivity contribution >= 4 is 8.80 Å². The van der Waals surface area contributed by atoms with Crippen LogP contribution in [0.3, 0.4) is 0 Å². The average Bonchev–Trinajstić information content (AvgIpc) is 2.76. The van der Waals surface area contributed by atoms with Crippen LogP contribution >= 0.6 is 0 Å². The van der Waals surface area contributed by atoms with Crippen LogP contribution in [0.25, 0.3) is 0 Å². The Morgan fingerprint density at radius 3 is 1.92 bits per heavy atom. The second-order valence-electron chi connectivity index (χ2n) is 3.71. The molecule has 13 heavy (non-hydrogen) atoms. The normalized spacial score (nSPS) is 19.8. The lowest BCUT2D eigenvalue weighted by molar-refractivity contribution is 1.28. The van der Waals surface area contributed by atoms with E-state index in [4.69, 9.17) is 0 Å². The molecule has 0 fully saturated rings. The first-order valence-corrected chi connectivity index (χ1v) is 7.10. The lowest BCUT2D eigenvalue weighted by Crippen LogP contribution is -2.17. The maximum absolute atomic E-state index is 2.35. The van der Waals surface area contributed by atoms with Gasteiger partial charge in [-0.25, -0.2) is 0 Å². The summed E-state index contributed by atoms with van der Waals surface area (Å²) in [6.07, 6.45) is 16.1. The Labute approximate surface area is 82.0 Å². The van der Waals surface area contributed by atoms with Crippen molar-refractivity contribution < 1.29 is 0 Å². The maximum atomic E-state index is 2.35. The molecule has 0 atom stereocenters. The summed E-state index contributed by atoms with van der Waals surface area (Å²) in [5.74, 6) is 0. The van der Waals surface area contributed by atoms with Crippen molar-refractivity contribution in [2.24, 2.45) is 0 Å². The fourth-order valence-electron chi connectivity index (χ4n) is 2.21. The van der Waals surface area contributed by atoms with Gasteiger partial charge < -0.3 is 0 Å². The highest BCUT2D eigenvalue weighted by Crippen LogP contribution is 2.25. The summed E-state index contributed by atoms with van der Waals surface area (Å²) in [6.45, 7) is 2.34. The summed E-state index contributed by atoms with van der Waals surface area (Å²) in [7, 11) is -0.721. The van der Waals surface area contributed by atoms with Gasteiger partial charge in [-0.1, -0.05) is 59.8 Å². The first kappa shape index (κ1) is 8.76. The van der Waals surface area contributed by atoms with Gasteiger partial charge >= 0.3 is 0 Å². The van der Waals surface area contributed by atoms with Crippen LogP contribution in [0.4, 0.5) is 0 Å². The van der Waals surface area contributed by atoms with Crippen molar-refractivity contribution in [1.29, 1.82) is 0 Å². The van der Waals surface area contributed by atoms with Crippen LogP contribution in [-0.2, 0) is 0 Å². The molecule has 0 saturated carbocycles. The molecule has 0 aromatic rings. The summed E-state index contributed by atoms with van der Waals surface area (Å²) < 4.78 is 0. The number of allylic oxidation sites excluding steroid dienone is 8. The zero-order chi connectivity index (χ0) is 9.10. The molecule has 0 saturated heterocycles. The van der Waals surface area contributed by atoms with Crippen molar-refractivity contribution in [2.75, 3.05) is 0 Å². The van der Waals surface area contributed by atoms with E-state index in [1.807, 2.05) is 0 Å². The van der Waals surface area contributed by atoms with Crippen molar-refractivity contribution in [3.8, 4) is 0 Å². The highest BCUT2D eigenvalue weighted by atomic mass is 28.3. The smallest absolute Gasteiger partial charge is 0.0809 e. The van der Waals surface area contributed by atoms with Gasteiger partial charge in [-0.15, -0.1) is 0 Å². The summed E-state index contributed by atoms with van der Waals surface area (Å²) in [6, 6.07) is 1.38. The van der Waals surface area contributed by atoms with Crippen molar-refractivity contribution in [3.05, 3.63) is 46.8 Å². The van der Waals surface area contributed by atoms with E-state index in [0.717, 1.165) is 0 Å². The summed E-state index contributed by atoms with van der Waals surface area (Å²) in [4.78, 5) is 0. The van der Waals surface area contributed by atoms with Gasteiger partial charge in [0.15, 0.2) is 0 Å². The fourth-order valence-corrected chi connectivity index (χ4v) is 5.26. The van der Waals surface area contributed by atoms with Crippen LogP contribution in [0, 0.1) is 0 Å². The molecule has 1 heteroatoms. The minimum atomic E-state index is -0.721. The van der Waals surface area contributed by atoms with E-state index in [1.54, 1.807) is 10.4 Å². The first-order valence-electron chi connectivity index (χ1n) is 5.13. The minimum Gasteiger partial charge on any atom is -0.0809 e. The van der Waals surface area contributed by atoms with Crippen LogP contribution in [0.5, 0.6) is 0 Å². The third-order valence-corrected chi connectivity index (χ3v) is 6.37. The van der Waals surface area contributed by atoms with E-state index in [-0.39, 0.29) is 0 Å². The average molecular weight is 188 g/mol. The molecular weight excluding hydrogens is 172 g/mol. The van der Waals surface area contributed by atoms with Crippen LogP contribution in [0.2, 0.25) is 6.04 Å². The van der Waals surface area contributed by atoms with Crippen LogP contribution < -0.4 is 0 Å². The molecule has 0 spiro atoms. The predicted octanol–water partition coefficient (Wildman–Crippen LogP) is 3.08. The molecule has 0 N–H and O–H groups in total. The van der Waals surface area contributed by atoms with Crippen molar-refractivity contribution in [3.63, 3.8) is 0 Å². The third-order valence-electron chi connectivity index (χ3n) is 2.90. The minimum absolute atomic E-state index is 0.721. The topological polar surface area (TPSA) is 0 Å². The van der Waals surface area contributed by atoms with E-state index in [2.05, 4.69) is 43.4 Å². The molecule has 0 unspecified atom stereocenters. The fraction of sp³-hybridized carbons (Fsp3) is 0.333. The molecule has 0 aromatic heterocycles. The van der Waals surface area contributed by atoms with E-state index >= 15 is 0 Å². The monoisotopic (exact) mass is 188 g/mol. The third kappa shape index (κ3) is 1.75. The summed E-state index contributed by atoms with van der Waals surface area (Å²) in [5.41, 5.74) is 0. The highest BCUT2D eigenvalue weighted by molar-refractivity contribution is 6.74. The molecule has 0 amide bonds. The lowest BCUT2D eigenvalue weighted by atomic mass is 10.5. The van der Waals surface area contributed by atoms with E-state index in [1.165, 1.54) is 18.9 Å². The van der Waals surface area contributed by atoms with Gasteiger partial charge in [0.25, 0.3) is 0 Å². The van der Waals surface area contributed by atoms with Gasteiger partial charge in [0.2, 0.25) is 0 Å². The molecule has 0 heterocycles. The van der Waals surface area contributed by atoms with Crippen LogP contribution in [0.15, 0.2) is 46.8 Å². The molecule has 0 nitrogen and oxygen atoms in total. The van der Waals surface area contributed by atoms with E-state index in [0.29, 0.717) is 0 Å². The van der Waals surface area contributed by atoms with Gasteiger partial charge in [0.05, 0.1) is 8.80 Å². The summed E-state index contributed by atoms with van der Waals surface area (Å²) >= 11 is 0. The zero-order valence-corrected chi connectivity index (χ0v) is 9.32. The number of rotatable bonds is 3. The van der Waals surface area contributed by atoms with Crippen LogP contribution in [0.1, 0.15) is 19.8 Å². The second kappa shape index (κ2) is 3.92. The molecule has 0 bridgehead atoms. The van der Waals surface area contributed by atoms with E-state index in [9.17, 15) is 0 Å². The first-order chi connectivity index (χ1) is 6.42. The van der Waals surface area contributed by atoms with E-state index < -0.39 is 8.80 Å². The second-order valence-corrected chi connectivity index (χ2v) is 7.11. The van der Waals surface area contributed by atoms with Gasteiger partial charge in [-0.2, -0.15) is 0 Å². The highest BCUT2D eigenvalue weighted by Gasteiger charge is 2.19. The summed E-state index contributed by atoms with van der Waals surface area (Å²) in [5, 5.41) is 3.47. The Kier molecular flexibility index (Phi) is 2.64. The molecule has 2 aliphatic carbocycles. The predicted molar refractivity (Wildman–Crippen MR) is 61.3 cm³/mol. The molecule has 0 aliphatic heterocycles. The SMILES string of the molecule is CC[SiH](C1=CC=CC1)C1=CC=CC1. The largest absolute Gasteiger partial charge is 0.0931 e. The molecule has 2 rings (SSSR count). The molecular formula is C12H16Si. The Morgan fingerprint density at radius 2 is 1.62 bits per heavy atom. The Balaban J connectivity index is 2.09.